The molecule has 1 aliphatic heterocycles. The summed E-state index contributed by atoms with van der Waals surface area (Å²) in [6, 6.07) is 11.8. The second-order valence-electron chi connectivity index (χ2n) is 6.55. The van der Waals surface area contributed by atoms with E-state index in [0.717, 1.165) is 29.9 Å². The number of carbonyl (C=O) groups is 1. The van der Waals surface area contributed by atoms with Gasteiger partial charge in [0.15, 0.2) is 5.69 Å². The van der Waals surface area contributed by atoms with Crippen molar-refractivity contribution < 1.29 is 4.79 Å². The molecule has 134 valence electrons. The number of amides is 1. The maximum Gasteiger partial charge on any atom is 0.274 e. The van der Waals surface area contributed by atoms with Crippen molar-refractivity contribution in [2.75, 3.05) is 18.8 Å². The number of anilines is 1. The standard InChI is InChI=1S/C18H21N7O/c1-24-15(12-5-3-2-4-6-12)11-14(23-24)17(26)25-9-7-13(8-10-25)16-20-18(19)22-21-16/h2-6,11,13H,7-10H2,1H3,(H3,19,20,21,22). The maximum atomic E-state index is 12.8. The second kappa shape index (κ2) is 6.62. The molecule has 26 heavy (non-hydrogen) atoms. The number of nitrogen functional groups attached to an aromatic ring is 1. The largest absolute Gasteiger partial charge is 0.367 e. The number of likely N-dealkylation sites (tertiary alicyclic amines) is 1. The Morgan fingerprint density at radius 2 is 1.96 bits per heavy atom. The van der Waals surface area contributed by atoms with Gasteiger partial charge in [0.1, 0.15) is 5.82 Å². The van der Waals surface area contributed by atoms with Gasteiger partial charge in [-0.15, -0.1) is 5.10 Å². The minimum Gasteiger partial charge on any atom is -0.367 e. The van der Waals surface area contributed by atoms with Crippen molar-refractivity contribution in [2.24, 2.45) is 7.05 Å². The summed E-state index contributed by atoms with van der Waals surface area (Å²) in [6.45, 7) is 1.34. The summed E-state index contributed by atoms with van der Waals surface area (Å²) in [4.78, 5) is 18.9. The van der Waals surface area contributed by atoms with Crippen LogP contribution in [-0.4, -0.2) is 48.9 Å². The Bertz CT molecular complexity index is 907. The lowest BCUT2D eigenvalue weighted by molar-refractivity contribution is 0.0704. The van der Waals surface area contributed by atoms with E-state index in [1.807, 2.05) is 48.3 Å². The summed E-state index contributed by atoms with van der Waals surface area (Å²) in [5.74, 6) is 1.30. The predicted molar refractivity (Wildman–Crippen MR) is 97.3 cm³/mol. The highest BCUT2D eigenvalue weighted by molar-refractivity contribution is 5.93. The molecule has 1 aliphatic rings. The van der Waals surface area contributed by atoms with Crippen molar-refractivity contribution in [3.8, 4) is 11.3 Å². The fourth-order valence-corrected chi connectivity index (χ4v) is 3.44. The van der Waals surface area contributed by atoms with Crippen LogP contribution in [0.5, 0.6) is 0 Å². The number of nitrogens with zero attached hydrogens (tertiary/aromatic N) is 5. The molecule has 3 aromatic rings. The van der Waals surface area contributed by atoms with Crippen molar-refractivity contribution in [3.63, 3.8) is 0 Å². The number of carbonyl (C=O) groups excluding carboxylic acids is 1. The molecule has 0 bridgehead atoms. The molecule has 4 rings (SSSR count). The van der Waals surface area contributed by atoms with E-state index in [1.165, 1.54) is 0 Å². The van der Waals surface area contributed by atoms with Crippen LogP contribution in [-0.2, 0) is 7.05 Å². The number of aromatic nitrogens is 5. The monoisotopic (exact) mass is 351 g/mol. The molecule has 1 fully saturated rings. The third-order valence-corrected chi connectivity index (χ3v) is 4.86. The molecule has 1 aromatic carbocycles. The Labute approximate surface area is 151 Å². The number of nitrogens with two attached hydrogens (primary N) is 1. The van der Waals surface area contributed by atoms with Gasteiger partial charge in [-0.05, 0) is 24.5 Å². The van der Waals surface area contributed by atoms with Gasteiger partial charge in [0.2, 0.25) is 5.95 Å². The lowest BCUT2D eigenvalue weighted by atomic mass is 9.96. The van der Waals surface area contributed by atoms with Crippen molar-refractivity contribution in [1.29, 1.82) is 0 Å². The van der Waals surface area contributed by atoms with E-state index in [-0.39, 0.29) is 17.8 Å². The molecule has 0 saturated carbocycles. The Morgan fingerprint density at radius 3 is 2.62 bits per heavy atom. The SMILES string of the molecule is Cn1nc(C(=O)N2CCC(c3nc(N)n[nH]3)CC2)cc1-c1ccccc1. The topological polar surface area (TPSA) is 106 Å². The number of hydrogen-bond acceptors (Lipinski definition) is 5. The summed E-state index contributed by atoms with van der Waals surface area (Å²) in [7, 11) is 1.86. The average molecular weight is 351 g/mol. The lowest BCUT2D eigenvalue weighted by Crippen LogP contribution is -2.38. The van der Waals surface area contributed by atoms with Gasteiger partial charge in [0.25, 0.3) is 5.91 Å². The number of hydrogen-bond donors (Lipinski definition) is 2. The van der Waals surface area contributed by atoms with Crippen molar-refractivity contribution in [3.05, 3.63) is 47.9 Å². The Kier molecular flexibility index (Phi) is 4.16. The van der Waals surface area contributed by atoms with Gasteiger partial charge >= 0.3 is 0 Å². The maximum absolute atomic E-state index is 12.8. The smallest absolute Gasteiger partial charge is 0.274 e. The van der Waals surface area contributed by atoms with Gasteiger partial charge in [0, 0.05) is 26.1 Å². The molecule has 8 heteroatoms. The normalized spacial score (nSPS) is 15.3. The Hall–Kier alpha value is -3.16. The molecule has 0 spiro atoms. The van der Waals surface area contributed by atoms with Crippen LogP contribution in [0.2, 0.25) is 0 Å². The number of aryl methyl sites for hydroxylation is 1. The van der Waals surface area contributed by atoms with Crippen LogP contribution in [0.1, 0.15) is 35.1 Å². The van der Waals surface area contributed by atoms with Gasteiger partial charge in [-0.25, -0.2) is 0 Å². The fourth-order valence-electron chi connectivity index (χ4n) is 3.44. The molecular weight excluding hydrogens is 330 g/mol. The van der Waals surface area contributed by atoms with E-state index in [2.05, 4.69) is 20.3 Å². The molecule has 3 heterocycles. The summed E-state index contributed by atoms with van der Waals surface area (Å²) in [6.07, 6.45) is 1.66. The molecule has 0 aliphatic carbocycles. The minimum absolute atomic E-state index is 0.0293. The molecule has 0 unspecified atom stereocenters. The average Bonchev–Trinajstić information content (AvgIpc) is 3.28. The van der Waals surface area contributed by atoms with E-state index in [4.69, 9.17) is 5.73 Å². The molecule has 2 aromatic heterocycles. The van der Waals surface area contributed by atoms with Gasteiger partial charge in [0.05, 0.1) is 5.69 Å². The zero-order valence-corrected chi connectivity index (χ0v) is 14.6. The van der Waals surface area contributed by atoms with Crippen molar-refractivity contribution >= 4 is 11.9 Å². The summed E-state index contributed by atoms with van der Waals surface area (Å²) < 4.78 is 1.76. The summed E-state index contributed by atoms with van der Waals surface area (Å²) >= 11 is 0. The summed E-state index contributed by atoms with van der Waals surface area (Å²) in [5, 5.41) is 11.2. The number of H-pyrrole nitrogens is 1. The zero-order valence-electron chi connectivity index (χ0n) is 14.6. The van der Waals surface area contributed by atoms with Gasteiger partial charge in [-0.2, -0.15) is 10.1 Å². The number of piperidine rings is 1. The quantitative estimate of drug-likeness (QED) is 0.748. The number of nitrogens with one attached hydrogen (secondary N) is 1. The first-order chi connectivity index (χ1) is 12.6. The van der Waals surface area contributed by atoms with Crippen LogP contribution in [0.3, 0.4) is 0 Å². The van der Waals surface area contributed by atoms with E-state index in [0.29, 0.717) is 18.8 Å². The zero-order chi connectivity index (χ0) is 18.1. The van der Waals surface area contributed by atoms with Crippen LogP contribution in [0.15, 0.2) is 36.4 Å². The van der Waals surface area contributed by atoms with E-state index < -0.39 is 0 Å². The van der Waals surface area contributed by atoms with Crippen LogP contribution >= 0.6 is 0 Å². The molecule has 0 radical (unpaired) electrons. The Morgan fingerprint density at radius 1 is 1.23 bits per heavy atom. The van der Waals surface area contributed by atoms with Crippen LogP contribution in [0.25, 0.3) is 11.3 Å². The van der Waals surface area contributed by atoms with Gasteiger partial charge in [-0.3, -0.25) is 14.6 Å². The minimum atomic E-state index is -0.0293. The van der Waals surface area contributed by atoms with Crippen molar-refractivity contribution in [2.45, 2.75) is 18.8 Å². The first kappa shape index (κ1) is 16.3. The fraction of sp³-hybridized carbons (Fsp3) is 0.333. The molecule has 8 nitrogen and oxygen atoms in total. The first-order valence-electron chi connectivity index (χ1n) is 8.68. The van der Waals surface area contributed by atoms with Crippen LogP contribution < -0.4 is 5.73 Å². The predicted octanol–water partition coefficient (Wildman–Crippen LogP) is 1.81. The molecule has 0 atom stereocenters. The molecule has 3 N–H and O–H groups in total. The number of aromatic amines is 1. The second-order valence-corrected chi connectivity index (χ2v) is 6.55. The number of rotatable bonds is 3. The molecular formula is C18H21N7O. The van der Waals surface area contributed by atoms with E-state index in [9.17, 15) is 4.79 Å². The van der Waals surface area contributed by atoms with Crippen LogP contribution in [0.4, 0.5) is 5.95 Å². The third-order valence-electron chi connectivity index (χ3n) is 4.86. The Balaban J connectivity index is 1.46. The highest BCUT2D eigenvalue weighted by atomic mass is 16.2. The van der Waals surface area contributed by atoms with E-state index in [1.54, 1.807) is 4.68 Å². The molecule has 1 amide bonds. The molecule has 1 saturated heterocycles. The van der Waals surface area contributed by atoms with Gasteiger partial charge in [-0.1, -0.05) is 30.3 Å². The van der Waals surface area contributed by atoms with Crippen molar-refractivity contribution in [1.82, 2.24) is 29.9 Å². The third kappa shape index (κ3) is 3.05. The highest BCUT2D eigenvalue weighted by Crippen LogP contribution is 2.27. The lowest BCUT2D eigenvalue weighted by Gasteiger charge is -2.30. The summed E-state index contributed by atoms with van der Waals surface area (Å²) in [5.41, 5.74) is 8.03. The first-order valence-corrected chi connectivity index (χ1v) is 8.68. The van der Waals surface area contributed by atoms with Gasteiger partial charge < -0.3 is 10.6 Å². The van der Waals surface area contributed by atoms with E-state index >= 15 is 0 Å². The van der Waals surface area contributed by atoms with Crippen LogP contribution in [0, 0.1) is 0 Å². The highest BCUT2D eigenvalue weighted by Gasteiger charge is 2.28. The number of benzene rings is 1.